The zero-order valence-corrected chi connectivity index (χ0v) is 13.8. The number of aromatic nitrogens is 2. The van der Waals surface area contributed by atoms with Crippen LogP contribution >= 0.6 is 11.3 Å². The van der Waals surface area contributed by atoms with Gasteiger partial charge < -0.3 is 4.57 Å². The average molecular weight is 313 g/mol. The Morgan fingerprint density at radius 2 is 2.05 bits per heavy atom. The maximum atomic E-state index is 12.5. The molecule has 0 radical (unpaired) electrons. The number of nitrogens with zero attached hydrogens (tertiary/aromatic N) is 3. The molecule has 2 heterocycles. The number of thiophene rings is 1. The summed E-state index contributed by atoms with van der Waals surface area (Å²) < 4.78 is 1.68. The molecule has 0 saturated carbocycles. The molecule has 2 aromatic heterocycles. The lowest BCUT2D eigenvalue weighted by Gasteiger charge is -2.23. The molecule has 4 nitrogen and oxygen atoms in total. The van der Waals surface area contributed by atoms with Gasteiger partial charge in [0.1, 0.15) is 5.69 Å². The molecule has 0 bridgehead atoms. The van der Waals surface area contributed by atoms with Gasteiger partial charge in [0.05, 0.1) is 11.0 Å². The minimum absolute atomic E-state index is 0.0241. The van der Waals surface area contributed by atoms with E-state index in [4.69, 9.17) is 0 Å². The van der Waals surface area contributed by atoms with Crippen LogP contribution in [0.1, 0.15) is 23.5 Å². The Bertz CT molecular complexity index is 839. The van der Waals surface area contributed by atoms with Crippen LogP contribution in [0.5, 0.6) is 0 Å². The lowest BCUT2D eigenvalue weighted by molar-refractivity contribution is 0.252. The number of aryl methyl sites for hydroxylation is 1. The topological polar surface area (TPSA) is 38.1 Å². The van der Waals surface area contributed by atoms with E-state index < -0.39 is 0 Å². The summed E-state index contributed by atoms with van der Waals surface area (Å²) in [5.41, 5.74) is 2.29. The molecule has 1 aromatic carbocycles. The van der Waals surface area contributed by atoms with Gasteiger partial charge in [-0.3, -0.25) is 9.69 Å². The van der Waals surface area contributed by atoms with Crippen molar-refractivity contribution in [2.45, 2.75) is 19.5 Å². The average Bonchev–Trinajstić information content (AvgIpc) is 3.06. The third kappa shape index (κ3) is 2.69. The predicted octanol–water partition coefficient (Wildman–Crippen LogP) is 3.19. The van der Waals surface area contributed by atoms with E-state index in [2.05, 4.69) is 34.3 Å². The first-order chi connectivity index (χ1) is 10.6. The molecule has 0 unspecified atom stereocenters. The highest BCUT2D eigenvalue weighted by Crippen LogP contribution is 2.24. The Kier molecular flexibility index (Phi) is 4.09. The van der Waals surface area contributed by atoms with E-state index in [1.54, 1.807) is 23.0 Å². The molecule has 0 spiro atoms. The van der Waals surface area contributed by atoms with Crippen LogP contribution < -0.4 is 5.56 Å². The lowest BCUT2D eigenvalue weighted by Crippen LogP contribution is -2.30. The van der Waals surface area contributed by atoms with E-state index in [0.717, 1.165) is 11.0 Å². The first-order valence-corrected chi connectivity index (χ1v) is 8.14. The molecule has 0 aliphatic heterocycles. The van der Waals surface area contributed by atoms with E-state index in [0.29, 0.717) is 12.2 Å². The minimum atomic E-state index is -0.0241. The standard InChI is InChI=1S/C17H19N3OS/c1-12(16-9-6-10-22-16)19(2)11-14-17(21)20(3)15-8-5-4-7-13(15)18-14/h4-10,12H,11H2,1-3H3/t12-/m0/s1. The molecule has 3 rings (SSSR count). The number of hydrogen-bond donors (Lipinski definition) is 0. The molecule has 0 fully saturated rings. The third-order valence-electron chi connectivity index (χ3n) is 4.07. The molecule has 22 heavy (non-hydrogen) atoms. The second kappa shape index (κ2) is 6.02. The van der Waals surface area contributed by atoms with E-state index in [-0.39, 0.29) is 11.6 Å². The van der Waals surface area contributed by atoms with E-state index in [9.17, 15) is 4.79 Å². The van der Waals surface area contributed by atoms with Crippen LogP contribution in [0.4, 0.5) is 0 Å². The highest BCUT2D eigenvalue weighted by atomic mass is 32.1. The molecular formula is C17H19N3OS. The molecule has 0 saturated heterocycles. The van der Waals surface area contributed by atoms with E-state index in [1.165, 1.54) is 4.88 Å². The molecule has 3 aromatic rings. The molecule has 114 valence electrons. The fraction of sp³-hybridized carbons (Fsp3) is 0.294. The van der Waals surface area contributed by atoms with Crippen molar-refractivity contribution in [1.29, 1.82) is 0 Å². The van der Waals surface area contributed by atoms with Gasteiger partial charge in [0.15, 0.2) is 0 Å². The van der Waals surface area contributed by atoms with Crippen molar-refractivity contribution >= 4 is 22.4 Å². The van der Waals surface area contributed by atoms with Crippen molar-refractivity contribution in [3.63, 3.8) is 0 Å². The molecule has 0 N–H and O–H groups in total. The lowest BCUT2D eigenvalue weighted by atomic mass is 10.2. The van der Waals surface area contributed by atoms with Crippen molar-refractivity contribution in [1.82, 2.24) is 14.5 Å². The molecule has 0 aliphatic rings. The summed E-state index contributed by atoms with van der Waals surface area (Å²) in [6, 6.07) is 12.2. The Morgan fingerprint density at radius 3 is 2.77 bits per heavy atom. The second-order valence-electron chi connectivity index (χ2n) is 5.52. The highest BCUT2D eigenvalue weighted by Gasteiger charge is 2.16. The van der Waals surface area contributed by atoms with Crippen LogP contribution in [-0.2, 0) is 13.6 Å². The van der Waals surface area contributed by atoms with Gasteiger partial charge in [-0.25, -0.2) is 4.98 Å². The Hall–Kier alpha value is -1.98. The fourth-order valence-corrected chi connectivity index (χ4v) is 3.41. The Labute approximate surface area is 133 Å². The third-order valence-corrected chi connectivity index (χ3v) is 5.11. The first kappa shape index (κ1) is 14.9. The number of hydrogen-bond acceptors (Lipinski definition) is 4. The van der Waals surface area contributed by atoms with Crippen LogP contribution in [0.15, 0.2) is 46.6 Å². The van der Waals surface area contributed by atoms with Crippen LogP contribution in [-0.4, -0.2) is 21.5 Å². The summed E-state index contributed by atoms with van der Waals surface area (Å²) >= 11 is 1.73. The van der Waals surface area contributed by atoms with Crippen molar-refractivity contribution in [3.8, 4) is 0 Å². The van der Waals surface area contributed by atoms with Crippen LogP contribution in [0.2, 0.25) is 0 Å². The zero-order chi connectivity index (χ0) is 15.7. The second-order valence-corrected chi connectivity index (χ2v) is 6.50. The molecule has 0 aliphatic carbocycles. The Morgan fingerprint density at radius 1 is 1.27 bits per heavy atom. The van der Waals surface area contributed by atoms with Gasteiger partial charge in [-0.05, 0) is 37.6 Å². The maximum absolute atomic E-state index is 12.5. The minimum Gasteiger partial charge on any atom is -0.308 e. The van der Waals surface area contributed by atoms with Crippen molar-refractivity contribution in [2.24, 2.45) is 7.05 Å². The summed E-state index contributed by atoms with van der Waals surface area (Å²) in [6.45, 7) is 2.69. The largest absolute Gasteiger partial charge is 0.308 e. The summed E-state index contributed by atoms with van der Waals surface area (Å²) in [5.74, 6) is 0. The molecule has 1 atom stereocenters. The fourth-order valence-electron chi connectivity index (χ4n) is 2.56. The zero-order valence-electron chi connectivity index (χ0n) is 13.0. The SMILES string of the molecule is C[C@@H](c1cccs1)N(C)Cc1nc2ccccc2n(C)c1=O. The normalized spacial score (nSPS) is 12.9. The van der Waals surface area contributed by atoms with Crippen LogP contribution in [0.3, 0.4) is 0 Å². The molecule has 0 amide bonds. The quantitative estimate of drug-likeness (QED) is 0.742. The van der Waals surface area contributed by atoms with Crippen LogP contribution in [0.25, 0.3) is 11.0 Å². The monoisotopic (exact) mass is 313 g/mol. The van der Waals surface area contributed by atoms with Crippen LogP contribution in [0, 0.1) is 0 Å². The number of rotatable bonds is 4. The molecular weight excluding hydrogens is 294 g/mol. The van der Waals surface area contributed by atoms with Gasteiger partial charge in [-0.2, -0.15) is 0 Å². The van der Waals surface area contributed by atoms with Crippen molar-refractivity contribution in [2.75, 3.05) is 7.05 Å². The first-order valence-electron chi connectivity index (χ1n) is 7.26. The highest BCUT2D eigenvalue weighted by molar-refractivity contribution is 7.10. The van der Waals surface area contributed by atoms with Gasteiger partial charge in [-0.15, -0.1) is 11.3 Å². The van der Waals surface area contributed by atoms with Gasteiger partial charge in [0, 0.05) is 24.5 Å². The summed E-state index contributed by atoms with van der Waals surface area (Å²) in [5, 5.41) is 2.08. The summed E-state index contributed by atoms with van der Waals surface area (Å²) in [7, 11) is 3.83. The van der Waals surface area contributed by atoms with E-state index in [1.807, 2.05) is 31.3 Å². The van der Waals surface area contributed by atoms with Crippen molar-refractivity contribution in [3.05, 3.63) is 62.7 Å². The molecule has 5 heteroatoms. The predicted molar refractivity (Wildman–Crippen MR) is 91.2 cm³/mol. The van der Waals surface area contributed by atoms with E-state index >= 15 is 0 Å². The Balaban J connectivity index is 1.94. The summed E-state index contributed by atoms with van der Waals surface area (Å²) in [6.07, 6.45) is 0. The summed E-state index contributed by atoms with van der Waals surface area (Å²) in [4.78, 5) is 20.5. The van der Waals surface area contributed by atoms with Gasteiger partial charge in [0.25, 0.3) is 5.56 Å². The van der Waals surface area contributed by atoms with Gasteiger partial charge in [-0.1, -0.05) is 18.2 Å². The number of benzene rings is 1. The number of para-hydroxylation sites is 2. The van der Waals surface area contributed by atoms with Gasteiger partial charge in [0.2, 0.25) is 0 Å². The number of fused-ring (bicyclic) bond motifs is 1. The maximum Gasteiger partial charge on any atom is 0.273 e. The van der Waals surface area contributed by atoms with Crippen molar-refractivity contribution < 1.29 is 0 Å². The smallest absolute Gasteiger partial charge is 0.273 e. The van der Waals surface area contributed by atoms with Gasteiger partial charge >= 0.3 is 0 Å².